The Morgan fingerprint density at radius 1 is 1.50 bits per heavy atom. The van der Waals surface area contributed by atoms with Crippen molar-refractivity contribution in [2.24, 2.45) is 0 Å². The number of aromatic nitrogens is 3. The van der Waals surface area contributed by atoms with E-state index in [0.29, 0.717) is 5.82 Å². The highest BCUT2D eigenvalue weighted by atomic mass is 19.1. The topological polar surface area (TPSA) is 92.9 Å². The smallest absolute Gasteiger partial charge is 0.328 e. The van der Waals surface area contributed by atoms with E-state index in [4.69, 9.17) is 4.52 Å². The lowest BCUT2D eigenvalue weighted by atomic mass is 10.2. The van der Waals surface area contributed by atoms with Crippen molar-refractivity contribution >= 4 is 17.7 Å². The first-order valence-corrected chi connectivity index (χ1v) is 5.05. The van der Waals surface area contributed by atoms with Gasteiger partial charge in [-0.1, -0.05) is 5.16 Å². The largest absolute Gasteiger partial charge is 0.372 e. The molecule has 2 heterocycles. The van der Waals surface area contributed by atoms with E-state index in [0.717, 1.165) is 12.3 Å². The van der Waals surface area contributed by atoms with Gasteiger partial charge in [0.15, 0.2) is 5.82 Å². The van der Waals surface area contributed by atoms with E-state index in [-0.39, 0.29) is 17.4 Å². The third-order valence-corrected chi connectivity index (χ3v) is 2.08. The van der Waals surface area contributed by atoms with Crippen molar-refractivity contribution in [1.82, 2.24) is 15.1 Å². The van der Waals surface area contributed by atoms with Crippen LogP contribution in [0.2, 0.25) is 0 Å². The van der Waals surface area contributed by atoms with Crippen molar-refractivity contribution in [2.75, 3.05) is 17.7 Å². The van der Waals surface area contributed by atoms with Crippen LogP contribution in [0.4, 0.5) is 16.2 Å². The Labute approximate surface area is 101 Å². The number of aryl methyl sites for hydroxylation is 1. The van der Waals surface area contributed by atoms with Gasteiger partial charge in [0.2, 0.25) is 0 Å². The SMILES string of the molecule is CNc1ncc(F)cc1C(=O)Nc1nc(C)no1. The summed E-state index contributed by atoms with van der Waals surface area (Å²) in [5, 5.41) is 8.56. The molecule has 0 aliphatic heterocycles. The Morgan fingerprint density at radius 2 is 2.28 bits per heavy atom. The van der Waals surface area contributed by atoms with Gasteiger partial charge in [0.05, 0.1) is 11.8 Å². The first-order valence-electron chi connectivity index (χ1n) is 5.05. The van der Waals surface area contributed by atoms with Crippen molar-refractivity contribution in [1.29, 1.82) is 0 Å². The molecule has 0 atom stereocenters. The maximum Gasteiger partial charge on any atom is 0.328 e. The van der Waals surface area contributed by atoms with Gasteiger partial charge in [-0.2, -0.15) is 4.98 Å². The van der Waals surface area contributed by atoms with E-state index < -0.39 is 11.7 Å². The van der Waals surface area contributed by atoms with Gasteiger partial charge >= 0.3 is 6.01 Å². The van der Waals surface area contributed by atoms with E-state index in [2.05, 4.69) is 25.8 Å². The van der Waals surface area contributed by atoms with Crippen LogP contribution in [0.3, 0.4) is 0 Å². The summed E-state index contributed by atoms with van der Waals surface area (Å²) in [5.41, 5.74) is 0.0494. The summed E-state index contributed by atoms with van der Waals surface area (Å²) in [6.07, 6.45) is 1.01. The summed E-state index contributed by atoms with van der Waals surface area (Å²) in [6, 6.07) is 1.01. The number of rotatable bonds is 3. The van der Waals surface area contributed by atoms with Crippen molar-refractivity contribution in [2.45, 2.75) is 6.92 Å². The van der Waals surface area contributed by atoms with E-state index in [1.165, 1.54) is 0 Å². The maximum absolute atomic E-state index is 13.1. The maximum atomic E-state index is 13.1. The molecule has 2 aromatic heterocycles. The first kappa shape index (κ1) is 12.0. The molecule has 0 aliphatic carbocycles. The van der Waals surface area contributed by atoms with Crippen molar-refractivity contribution < 1.29 is 13.7 Å². The number of amides is 1. The Kier molecular flexibility index (Phi) is 3.18. The number of hydrogen-bond donors (Lipinski definition) is 2. The standard InChI is InChI=1S/C10H10FN5O2/c1-5-14-10(18-16-5)15-9(17)7-3-6(11)4-13-8(7)12-2/h3-4H,1-2H3,(H,12,13)(H,14,15,16,17). The fourth-order valence-electron chi connectivity index (χ4n) is 1.32. The third kappa shape index (κ3) is 2.42. The highest BCUT2D eigenvalue weighted by Gasteiger charge is 2.15. The number of nitrogens with one attached hydrogen (secondary N) is 2. The van der Waals surface area contributed by atoms with E-state index in [9.17, 15) is 9.18 Å². The molecule has 0 fully saturated rings. The minimum atomic E-state index is -0.610. The molecule has 0 unspecified atom stereocenters. The van der Waals surface area contributed by atoms with Crippen LogP contribution in [-0.2, 0) is 0 Å². The fourth-order valence-corrected chi connectivity index (χ4v) is 1.32. The molecule has 0 radical (unpaired) electrons. The highest BCUT2D eigenvalue weighted by molar-refractivity contribution is 6.06. The quantitative estimate of drug-likeness (QED) is 0.851. The molecular weight excluding hydrogens is 241 g/mol. The minimum Gasteiger partial charge on any atom is -0.372 e. The number of hydrogen-bond acceptors (Lipinski definition) is 6. The Hall–Kier alpha value is -2.51. The molecule has 0 saturated heterocycles. The Morgan fingerprint density at radius 3 is 2.89 bits per heavy atom. The molecule has 1 amide bonds. The molecule has 2 rings (SSSR count). The molecule has 2 aromatic rings. The first-order chi connectivity index (χ1) is 8.60. The molecule has 8 heteroatoms. The number of pyridine rings is 1. The van der Waals surface area contributed by atoms with Gasteiger partial charge in [0.25, 0.3) is 5.91 Å². The summed E-state index contributed by atoms with van der Waals surface area (Å²) < 4.78 is 17.8. The monoisotopic (exact) mass is 251 g/mol. The van der Waals surface area contributed by atoms with Crippen LogP contribution in [0.5, 0.6) is 0 Å². The lowest BCUT2D eigenvalue weighted by Gasteiger charge is -2.06. The molecule has 0 spiro atoms. The number of halogens is 1. The zero-order valence-corrected chi connectivity index (χ0v) is 9.69. The van der Waals surface area contributed by atoms with Gasteiger partial charge in [-0.05, 0) is 13.0 Å². The second-order valence-electron chi connectivity index (χ2n) is 3.40. The van der Waals surface area contributed by atoms with Crippen molar-refractivity contribution in [3.05, 3.63) is 29.5 Å². The van der Waals surface area contributed by atoms with Crippen LogP contribution >= 0.6 is 0 Å². The minimum absolute atomic E-state index is 0.0494. The van der Waals surface area contributed by atoms with Crippen LogP contribution in [0.25, 0.3) is 0 Å². The second kappa shape index (κ2) is 4.78. The Balaban J connectivity index is 2.25. The highest BCUT2D eigenvalue weighted by Crippen LogP contribution is 2.15. The van der Waals surface area contributed by atoms with Gasteiger partial charge < -0.3 is 9.84 Å². The number of nitrogens with zero attached hydrogens (tertiary/aromatic N) is 3. The lowest BCUT2D eigenvalue weighted by molar-refractivity contribution is 0.102. The lowest BCUT2D eigenvalue weighted by Crippen LogP contribution is -2.15. The zero-order valence-electron chi connectivity index (χ0n) is 9.69. The Bertz CT molecular complexity index is 583. The predicted octanol–water partition coefficient (Wildman–Crippen LogP) is 1.21. The summed E-state index contributed by atoms with van der Waals surface area (Å²) in [7, 11) is 1.58. The van der Waals surface area contributed by atoms with Crippen molar-refractivity contribution in [3.8, 4) is 0 Å². The van der Waals surface area contributed by atoms with E-state index in [1.54, 1.807) is 14.0 Å². The number of anilines is 2. The second-order valence-corrected chi connectivity index (χ2v) is 3.40. The zero-order chi connectivity index (χ0) is 13.1. The van der Waals surface area contributed by atoms with E-state index >= 15 is 0 Å². The van der Waals surface area contributed by atoms with Crippen molar-refractivity contribution in [3.63, 3.8) is 0 Å². The normalized spacial score (nSPS) is 10.2. The van der Waals surface area contributed by atoms with Crippen LogP contribution in [0.15, 0.2) is 16.8 Å². The van der Waals surface area contributed by atoms with Crippen LogP contribution in [-0.4, -0.2) is 28.1 Å². The molecule has 0 bridgehead atoms. The average Bonchev–Trinajstić information content (AvgIpc) is 2.74. The molecular formula is C10H10FN5O2. The molecule has 7 nitrogen and oxygen atoms in total. The summed E-state index contributed by atoms with van der Waals surface area (Å²) >= 11 is 0. The molecule has 0 saturated carbocycles. The van der Waals surface area contributed by atoms with Gasteiger partial charge in [0.1, 0.15) is 11.6 Å². The van der Waals surface area contributed by atoms with Gasteiger partial charge in [0, 0.05) is 7.05 Å². The van der Waals surface area contributed by atoms with Gasteiger partial charge in [-0.25, -0.2) is 9.37 Å². The molecule has 0 aliphatic rings. The molecule has 2 N–H and O–H groups in total. The number of carbonyl (C=O) groups excluding carboxylic acids is 1. The van der Waals surface area contributed by atoms with Gasteiger partial charge in [-0.3, -0.25) is 10.1 Å². The fraction of sp³-hybridized carbons (Fsp3) is 0.200. The van der Waals surface area contributed by atoms with Gasteiger partial charge in [-0.15, -0.1) is 0 Å². The molecule has 18 heavy (non-hydrogen) atoms. The summed E-state index contributed by atoms with van der Waals surface area (Å²) in [6.45, 7) is 1.61. The third-order valence-electron chi connectivity index (χ3n) is 2.08. The molecule has 0 aromatic carbocycles. The molecule has 94 valence electrons. The average molecular weight is 251 g/mol. The van der Waals surface area contributed by atoms with Crippen LogP contribution < -0.4 is 10.6 Å². The number of carbonyl (C=O) groups is 1. The van der Waals surface area contributed by atoms with E-state index in [1.807, 2.05) is 0 Å². The summed E-state index contributed by atoms with van der Waals surface area (Å²) in [4.78, 5) is 19.4. The van der Waals surface area contributed by atoms with Crippen LogP contribution in [0.1, 0.15) is 16.2 Å². The van der Waals surface area contributed by atoms with Crippen LogP contribution in [0, 0.1) is 12.7 Å². The summed E-state index contributed by atoms with van der Waals surface area (Å²) in [5.74, 6) is -0.558. The predicted molar refractivity (Wildman–Crippen MR) is 60.7 cm³/mol.